The van der Waals surface area contributed by atoms with Crippen LogP contribution in [0.1, 0.15) is 26.3 Å². The Morgan fingerprint density at radius 2 is 1.76 bits per heavy atom. The van der Waals surface area contributed by atoms with Crippen molar-refractivity contribution in [1.29, 1.82) is 0 Å². The van der Waals surface area contributed by atoms with Crippen molar-refractivity contribution in [2.45, 2.75) is 0 Å². The van der Waals surface area contributed by atoms with E-state index in [-0.39, 0.29) is 27.6 Å². The van der Waals surface area contributed by atoms with Crippen molar-refractivity contribution in [3.8, 4) is 11.5 Å². The molecule has 0 heterocycles. The number of aromatic hydroxyl groups is 1. The summed E-state index contributed by atoms with van der Waals surface area (Å²) in [6, 6.07) is 17.1. The van der Waals surface area contributed by atoms with Crippen molar-refractivity contribution >= 4 is 41.3 Å². The predicted molar refractivity (Wildman–Crippen MR) is 111 cm³/mol. The molecule has 146 valence electrons. The number of benzene rings is 3. The van der Waals surface area contributed by atoms with Crippen molar-refractivity contribution < 1.29 is 19.4 Å². The average Bonchev–Trinajstić information content (AvgIpc) is 2.68. The SMILES string of the molecule is O=C(NN=Cc1cccc(OC(=O)c2ccc(Cl)cc2Cl)c1)c1ccccc1O. The van der Waals surface area contributed by atoms with Crippen LogP contribution in [-0.4, -0.2) is 23.2 Å². The normalized spacial score (nSPS) is 10.7. The van der Waals surface area contributed by atoms with Gasteiger partial charge in [-0.25, -0.2) is 10.2 Å². The Balaban J connectivity index is 1.66. The summed E-state index contributed by atoms with van der Waals surface area (Å²) in [6.07, 6.45) is 1.38. The smallest absolute Gasteiger partial charge is 0.345 e. The van der Waals surface area contributed by atoms with Crippen LogP contribution in [0.5, 0.6) is 11.5 Å². The van der Waals surface area contributed by atoms with E-state index >= 15 is 0 Å². The second-order valence-corrected chi connectivity index (χ2v) is 6.65. The molecule has 0 atom stereocenters. The summed E-state index contributed by atoms with van der Waals surface area (Å²) in [5.41, 5.74) is 3.19. The number of carbonyl (C=O) groups excluding carboxylic acids is 2. The van der Waals surface area contributed by atoms with Crippen molar-refractivity contribution in [3.05, 3.63) is 93.5 Å². The highest BCUT2D eigenvalue weighted by Gasteiger charge is 2.13. The Kier molecular flexibility index (Phi) is 6.49. The first-order chi connectivity index (χ1) is 13.9. The number of esters is 1. The molecule has 0 bridgehead atoms. The van der Waals surface area contributed by atoms with Crippen LogP contribution in [0.25, 0.3) is 0 Å². The molecule has 0 saturated carbocycles. The first-order valence-corrected chi connectivity index (χ1v) is 9.08. The van der Waals surface area contributed by atoms with Crippen LogP contribution in [0.3, 0.4) is 0 Å². The summed E-state index contributed by atoms with van der Waals surface area (Å²) in [6.45, 7) is 0. The van der Waals surface area contributed by atoms with Gasteiger partial charge < -0.3 is 9.84 Å². The van der Waals surface area contributed by atoms with E-state index in [1.54, 1.807) is 42.5 Å². The number of ether oxygens (including phenoxy) is 1. The minimum absolute atomic E-state index is 0.104. The molecule has 1 amide bonds. The first-order valence-electron chi connectivity index (χ1n) is 8.33. The zero-order chi connectivity index (χ0) is 20.8. The van der Waals surface area contributed by atoms with Crippen LogP contribution >= 0.6 is 23.2 Å². The van der Waals surface area contributed by atoms with E-state index in [4.69, 9.17) is 27.9 Å². The fourth-order valence-corrected chi connectivity index (χ4v) is 2.85. The van der Waals surface area contributed by atoms with E-state index in [0.717, 1.165) is 0 Å². The molecule has 0 fully saturated rings. The van der Waals surface area contributed by atoms with Gasteiger partial charge in [-0.1, -0.05) is 47.5 Å². The van der Waals surface area contributed by atoms with Crippen LogP contribution in [0.15, 0.2) is 71.8 Å². The molecule has 0 unspecified atom stereocenters. The summed E-state index contributed by atoms with van der Waals surface area (Å²) in [7, 11) is 0. The van der Waals surface area contributed by atoms with Gasteiger partial charge in [-0.15, -0.1) is 0 Å². The lowest BCUT2D eigenvalue weighted by Gasteiger charge is -2.07. The summed E-state index contributed by atoms with van der Waals surface area (Å²) in [5, 5.41) is 14.1. The van der Waals surface area contributed by atoms with Crippen LogP contribution in [-0.2, 0) is 0 Å². The van der Waals surface area contributed by atoms with Crippen molar-refractivity contribution in [2.75, 3.05) is 0 Å². The topological polar surface area (TPSA) is 88.0 Å². The Hall–Kier alpha value is -3.35. The van der Waals surface area contributed by atoms with Crippen LogP contribution in [0.4, 0.5) is 0 Å². The standard InChI is InChI=1S/C21H14Cl2N2O4/c22-14-8-9-16(18(23)11-14)21(28)29-15-5-3-4-13(10-15)12-24-25-20(27)17-6-1-2-7-19(17)26/h1-12,26H,(H,25,27). The maximum Gasteiger partial charge on any atom is 0.345 e. The molecule has 0 aliphatic rings. The molecule has 2 N–H and O–H groups in total. The number of hydrogen-bond donors (Lipinski definition) is 2. The summed E-state index contributed by atoms with van der Waals surface area (Å²) >= 11 is 11.8. The molecule has 8 heteroatoms. The zero-order valence-electron chi connectivity index (χ0n) is 14.8. The molecule has 3 aromatic carbocycles. The van der Waals surface area contributed by atoms with E-state index in [2.05, 4.69) is 10.5 Å². The number of para-hydroxylation sites is 1. The molecule has 0 saturated heterocycles. The van der Waals surface area contributed by atoms with Crippen LogP contribution < -0.4 is 10.2 Å². The lowest BCUT2D eigenvalue weighted by atomic mass is 10.2. The molecule has 3 aromatic rings. The number of nitrogens with one attached hydrogen (secondary N) is 1. The molecule has 0 aliphatic carbocycles. The largest absolute Gasteiger partial charge is 0.507 e. The maximum absolute atomic E-state index is 12.3. The third kappa shape index (κ3) is 5.34. The number of phenolic OH excluding ortho intramolecular Hbond substituents is 1. The van der Waals surface area contributed by atoms with Gasteiger partial charge in [-0.05, 0) is 48.0 Å². The first kappa shape index (κ1) is 20.4. The Morgan fingerprint density at radius 1 is 0.966 bits per heavy atom. The number of rotatable bonds is 5. The molecule has 6 nitrogen and oxygen atoms in total. The van der Waals surface area contributed by atoms with Gasteiger partial charge in [0.2, 0.25) is 0 Å². The van der Waals surface area contributed by atoms with E-state index in [1.807, 2.05) is 0 Å². The van der Waals surface area contributed by atoms with E-state index in [0.29, 0.717) is 10.6 Å². The number of phenols is 1. The maximum atomic E-state index is 12.3. The van der Waals surface area contributed by atoms with Gasteiger partial charge in [-0.2, -0.15) is 5.10 Å². The van der Waals surface area contributed by atoms with Crippen LogP contribution in [0.2, 0.25) is 10.0 Å². The second kappa shape index (κ2) is 9.23. The van der Waals surface area contributed by atoms with Crippen molar-refractivity contribution in [3.63, 3.8) is 0 Å². The molecule has 29 heavy (non-hydrogen) atoms. The van der Waals surface area contributed by atoms with E-state index in [1.165, 1.54) is 30.5 Å². The van der Waals surface area contributed by atoms with Gasteiger partial charge in [0, 0.05) is 5.02 Å². The number of halogens is 2. The molecule has 0 aromatic heterocycles. The van der Waals surface area contributed by atoms with Gasteiger partial charge >= 0.3 is 5.97 Å². The quantitative estimate of drug-likeness (QED) is 0.267. The predicted octanol–water partition coefficient (Wildman–Crippen LogP) is 4.68. The lowest BCUT2D eigenvalue weighted by molar-refractivity contribution is 0.0734. The highest BCUT2D eigenvalue weighted by atomic mass is 35.5. The number of amides is 1. The van der Waals surface area contributed by atoms with Gasteiger partial charge in [0.25, 0.3) is 5.91 Å². The summed E-state index contributed by atoms with van der Waals surface area (Å²) in [4.78, 5) is 24.3. The minimum atomic E-state index is -0.631. The minimum Gasteiger partial charge on any atom is -0.507 e. The van der Waals surface area contributed by atoms with Crippen molar-refractivity contribution in [2.24, 2.45) is 5.10 Å². The molecular formula is C21H14Cl2N2O4. The highest BCUT2D eigenvalue weighted by Crippen LogP contribution is 2.23. The molecule has 0 aliphatic heterocycles. The number of carbonyl (C=O) groups is 2. The molecule has 3 rings (SSSR count). The number of nitrogens with zero attached hydrogens (tertiary/aromatic N) is 1. The molecule has 0 radical (unpaired) electrons. The second-order valence-electron chi connectivity index (χ2n) is 5.80. The fraction of sp³-hybridized carbons (Fsp3) is 0. The number of hydrazone groups is 1. The number of hydrogen-bond acceptors (Lipinski definition) is 5. The highest BCUT2D eigenvalue weighted by molar-refractivity contribution is 6.36. The lowest BCUT2D eigenvalue weighted by Crippen LogP contribution is -2.17. The van der Waals surface area contributed by atoms with Crippen LogP contribution in [0, 0.1) is 0 Å². The molecular weight excluding hydrogens is 415 g/mol. The van der Waals surface area contributed by atoms with Gasteiger partial charge in [0.15, 0.2) is 0 Å². The van der Waals surface area contributed by atoms with Crippen molar-refractivity contribution in [1.82, 2.24) is 5.43 Å². The molecule has 0 spiro atoms. The fourth-order valence-electron chi connectivity index (χ4n) is 2.37. The summed E-state index contributed by atoms with van der Waals surface area (Å²) in [5.74, 6) is -1.06. The third-order valence-electron chi connectivity index (χ3n) is 3.75. The Labute approximate surface area is 176 Å². The van der Waals surface area contributed by atoms with E-state index in [9.17, 15) is 14.7 Å². The summed E-state index contributed by atoms with van der Waals surface area (Å²) < 4.78 is 5.33. The van der Waals surface area contributed by atoms with Gasteiger partial charge in [-0.3, -0.25) is 4.79 Å². The zero-order valence-corrected chi connectivity index (χ0v) is 16.3. The Morgan fingerprint density at radius 3 is 2.52 bits per heavy atom. The monoisotopic (exact) mass is 428 g/mol. The average molecular weight is 429 g/mol. The van der Waals surface area contributed by atoms with Gasteiger partial charge in [0.1, 0.15) is 11.5 Å². The third-order valence-corrected chi connectivity index (χ3v) is 4.30. The van der Waals surface area contributed by atoms with E-state index < -0.39 is 11.9 Å². The van der Waals surface area contributed by atoms with Gasteiger partial charge in [0.05, 0.1) is 22.4 Å². The Bertz CT molecular complexity index is 1100.